The topological polar surface area (TPSA) is 42.4 Å². The molecule has 1 saturated carbocycles. The Hall–Kier alpha value is -1.42. The van der Waals surface area contributed by atoms with Crippen molar-refractivity contribution in [1.82, 2.24) is 4.98 Å². The number of pyridine rings is 1. The molecule has 2 aromatic rings. The maximum absolute atomic E-state index is 11.3. The molecule has 0 unspecified atom stereocenters. The molecule has 160 valence electrons. The van der Waals surface area contributed by atoms with Crippen LogP contribution in [0.2, 0.25) is 5.02 Å². The van der Waals surface area contributed by atoms with Gasteiger partial charge in [-0.2, -0.15) is 0 Å². The number of hydrogen-bond donors (Lipinski definition) is 1. The molecule has 1 fully saturated rings. The summed E-state index contributed by atoms with van der Waals surface area (Å²) < 4.78 is 6.97. The van der Waals surface area contributed by atoms with Crippen LogP contribution in [0.3, 0.4) is 0 Å². The van der Waals surface area contributed by atoms with E-state index in [4.69, 9.17) is 21.3 Å². The number of ether oxygens (including phenoxy) is 1. The number of rotatable bonds is 2. The Bertz CT molecular complexity index is 974. The summed E-state index contributed by atoms with van der Waals surface area (Å²) in [6, 6.07) is 8.04. The Labute approximate surface area is 184 Å². The van der Waals surface area contributed by atoms with Crippen molar-refractivity contribution in [3.63, 3.8) is 0 Å². The van der Waals surface area contributed by atoms with Gasteiger partial charge in [0.15, 0.2) is 0 Å². The first kappa shape index (κ1) is 20.5. The van der Waals surface area contributed by atoms with Crippen molar-refractivity contribution in [3.05, 3.63) is 62.9 Å². The molecule has 2 atom stereocenters. The van der Waals surface area contributed by atoms with Crippen molar-refractivity contribution in [1.29, 1.82) is 0 Å². The Morgan fingerprint density at radius 2 is 1.77 bits per heavy atom. The van der Waals surface area contributed by atoms with E-state index in [9.17, 15) is 5.11 Å². The number of aromatic nitrogens is 1. The summed E-state index contributed by atoms with van der Waals surface area (Å²) in [5.74, 6) is 0.293. The highest BCUT2D eigenvalue weighted by atomic mass is 35.5. The molecule has 3 nitrogen and oxygen atoms in total. The van der Waals surface area contributed by atoms with E-state index >= 15 is 0 Å². The molecule has 1 N–H and O–H groups in total. The van der Waals surface area contributed by atoms with Crippen LogP contribution in [0, 0.1) is 5.41 Å². The first-order valence-corrected chi connectivity index (χ1v) is 11.8. The van der Waals surface area contributed by atoms with Crippen molar-refractivity contribution in [2.75, 3.05) is 0 Å². The molecule has 1 spiro atoms. The highest BCUT2D eigenvalue weighted by Crippen LogP contribution is 2.59. The lowest BCUT2D eigenvalue weighted by atomic mass is 9.70. The summed E-state index contributed by atoms with van der Waals surface area (Å²) in [5, 5.41) is 12.0. The highest BCUT2D eigenvalue weighted by Gasteiger charge is 2.52. The minimum Gasteiger partial charge on any atom is -0.388 e. The van der Waals surface area contributed by atoms with Gasteiger partial charge in [-0.1, -0.05) is 64.3 Å². The van der Waals surface area contributed by atoms with E-state index in [0.29, 0.717) is 5.92 Å². The maximum atomic E-state index is 11.3. The first-order valence-electron chi connectivity index (χ1n) is 11.4. The second-order valence-electron chi connectivity index (χ2n) is 10.6. The second-order valence-corrected chi connectivity index (χ2v) is 11.0. The van der Waals surface area contributed by atoms with Gasteiger partial charge >= 0.3 is 0 Å². The lowest BCUT2D eigenvalue weighted by Crippen LogP contribution is -2.32. The fourth-order valence-electron chi connectivity index (χ4n) is 6.05. The Morgan fingerprint density at radius 3 is 2.40 bits per heavy atom. The summed E-state index contributed by atoms with van der Waals surface area (Å²) >= 11 is 6.18. The fourth-order valence-corrected chi connectivity index (χ4v) is 6.18. The molecule has 4 heteroatoms. The lowest BCUT2D eigenvalue weighted by molar-refractivity contribution is -0.0580. The fraction of sp³-hybridized carbons (Fsp3) is 0.577. The summed E-state index contributed by atoms with van der Waals surface area (Å²) in [6.45, 7) is 8.92. The van der Waals surface area contributed by atoms with E-state index in [-0.39, 0.29) is 17.1 Å². The van der Waals surface area contributed by atoms with Gasteiger partial charge in [0.2, 0.25) is 0 Å². The predicted molar refractivity (Wildman–Crippen MR) is 120 cm³/mol. The Kier molecular flexibility index (Phi) is 4.81. The third kappa shape index (κ3) is 3.13. The van der Waals surface area contributed by atoms with Crippen LogP contribution in [0.5, 0.6) is 0 Å². The van der Waals surface area contributed by atoms with Gasteiger partial charge in [-0.25, -0.2) is 0 Å². The van der Waals surface area contributed by atoms with E-state index < -0.39 is 6.10 Å². The standard InChI is InChI=1S/C26H32ClNO2/c1-15(2)23-21-22(20-18(28-23)13-25(3,4)14-19(20)29)26(11-5-6-12-26)30-24(21)16-7-9-17(27)10-8-16/h7-10,15,19,24,29H,5-6,11-14H2,1-4H3/t19-,24+/m0/s1. The molecular weight excluding hydrogens is 394 g/mol. The minimum absolute atomic E-state index is 0.0553. The molecule has 0 saturated heterocycles. The van der Waals surface area contributed by atoms with Gasteiger partial charge in [-0.05, 0) is 60.3 Å². The molecule has 2 heterocycles. The predicted octanol–water partition coefficient (Wildman–Crippen LogP) is 6.75. The van der Waals surface area contributed by atoms with Crippen molar-refractivity contribution in [3.8, 4) is 0 Å². The maximum Gasteiger partial charge on any atom is 0.111 e. The van der Waals surface area contributed by atoms with E-state index in [1.165, 1.54) is 24.0 Å². The molecule has 0 amide bonds. The summed E-state index contributed by atoms with van der Waals surface area (Å²) in [5.41, 5.74) is 6.68. The average molecular weight is 426 g/mol. The summed E-state index contributed by atoms with van der Waals surface area (Å²) in [6.07, 6.45) is 5.45. The molecule has 0 bridgehead atoms. The molecule has 3 aliphatic rings. The van der Waals surface area contributed by atoms with Crippen LogP contribution in [-0.2, 0) is 16.8 Å². The number of halogens is 1. The monoisotopic (exact) mass is 425 g/mol. The zero-order chi connectivity index (χ0) is 21.3. The van der Waals surface area contributed by atoms with Gasteiger partial charge in [-0.3, -0.25) is 4.98 Å². The van der Waals surface area contributed by atoms with Crippen LogP contribution in [0.15, 0.2) is 24.3 Å². The third-order valence-corrected chi connectivity index (χ3v) is 7.55. The van der Waals surface area contributed by atoms with Crippen molar-refractivity contribution in [2.45, 2.75) is 89.9 Å². The Balaban J connectivity index is 1.79. The van der Waals surface area contributed by atoms with Gasteiger partial charge in [-0.15, -0.1) is 0 Å². The van der Waals surface area contributed by atoms with E-state index in [1.807, 2.05) is 12.1 Å². The Morgan fingerprint density at radius 1 is 1.10 bits per heavy atom. The van der Waals surface area contributed by atoms with Gasteiger partial charge in [0.1, 0.15) is 6.10 Å². The number of fused-ring (bicyclic) bond motifs is 4. The highest BCUT2D eigenvalue weighted by molar-refractivity contribution is 6.30. The van der Waals surface area contributed by atoms with E-state index in [0.717, 1.165) is 53.2 Å². The van der Waals surface area contributed by atoms with Crippen LogP contribution in [0.1, 0.15) is 112 Å². The van der Waals surface area contributed by atoms with Gasteiger partial charge < -0.3 is 9.84 Å². The zero-order valence-corrected chi connectivity index (χ0v) is 19.2. The van der Waals surface area contributed by atoms with E-state index in [1.54, 1.807) is 0 Å². The first-order chi connectivity index (χ1) is 14.2. The SMILES string of the molecule is CC(C)c1nc2c(c3c1[C@@H](c1ccc(Cl)cc1)OC31CCCC1)[C@@H](O)CC(C)(C)C2. The largest absolute Gasteiger partial charge is 0.388 e. The van der Waals surface area contributed by atoms with Crippen molar-refractivity contribution >= 4 is 11.6 Å². The van der Waals surface area contributed by atoms with Crippen LogP contribution in [-0.4, -0.2) is 10.1 Å². The number of hydrogen-bond acceptors (Lipinski definition) is 3. The number of aliphatic hydroxyl groups is 1. The van der Waals surface area contributed by atoms with Gasteiger partial charge in [0.05, 0.1) is 11.7 Å². The summed E-state index contributed by atoms with van der Waals surface area (Å²) in [4.78, 5) is 5.21. The van der Waals surface area contributed by atoms with Gasteiger partial charge in [0.25, 0.3) is 0 Å². The van der Waals surface area contributed by atoms with Crippen LogP contribution in [0.4, 0.5) is 0 Å². The quantitative estimate of drug-likeness (QED) is 0.578. The number of benzene rings is 1. The average Bonchev–Trinajstić information content (AvgIpc) is 3.26. The third-order valence-electron chi connectivity index (χ3n) is 7.30. The van der Waals surface area contributed by atoms with Crippen LogP contribution in [0.25, 0.3) is 0 Å². The molecule has 30 heavy (non-hydrogen) atoms. The number of aliphatic hydroxyl groups excluding tert-OH is 1. The van der Waals surface area contributed by atoms with Crippen molar-refractivity contribution in [2.24, 2.45) is 5.41 Å². The molecular formula is C26H32ClNO2. The molecule has 1 aliphatic heterocycles. The second kappa shape index (κ2) is 7.05. The summed E-state index contributed by atoms with van der Waals surface area (Å²) in [7, 11) is 0. The lowest BCUT2D eigenvalue weighted by Gasteiger charge is -2.38. The molecule has 1 aromatic heterocycles. The number of nitrogens with zero attached hydrogens (tertiary/aromatic N) is 1. The van der Waals surface area contributed by atoms with Gasteiger partial charge in [0, 0.05) is 27.5 Å². The van der Waals surface area contributed by atoms with Crippen molar-refractivity contribution < 1.29 is 9.84 Å². The molecule has 1 aromatic carbocycles. The minimum atomic E-state index is -0.476. The molecule has 0 radical (unpaired) electrons. The van der Waals surface area contributed by atoms with Crippen LogP contribution < -0.4 is 0 Å². The van der Waals surface area contributed by atoms with E-state index in [2.05, 4.69) is 39.8 Å². The smallest absolute Gasteiger partial charge is 0.111 e. The molecule has 2 aliphatic carbocycles. The molecule has 5 rings (SSSR count). The van der Waals surface area contributed by atoms with Crippen LogP contribution >= 0.6 is 11.6 Å². The normalized spacial score (nSPS) is 26.2. The zero-order valence-electron chi connectivity index (χ0n) is 18.5.